The molecule has 0 aromatic carbocycles. The van der Waals surface area contributed by atoms with Crippen LogP contribution in [0.25, 0.3) is 0 Å². The van der Waals surface area contributed by atoms with Crippen LogP contribution < -0.4 is 0 Å². The van der Waals surface area contributed by atoms with Crippen molar-refractivity contribution in [2.24, 2.45) is 0 Å². The zero-order valence-electron chi connectivity index (χ0n) is 8.08. The molecular weight excluding hydrogens is 235 g/mol. The number of piperidine rings is 1. The second kappa shape index (κ2) is 4.36. The molecule has 0 spiro atoms. The summed E-state index contributed by atoms with van der Waals surface area (Å²) in [7, 11) is 1.21. The van der Waals surface area contributed by atoms with Crippen LogP contribution in [0.3, 0.4) is 0 Å². The number of halogens is 3. The Morgan fingerprint density at radius 1 is 1.40 bits per heavy atom. The fraction of sp³-hybridized carbons (Fsp3) is 1.00. The number of nitrogens with zero attached hydrogens (tertiary/aromatic N) is 1. The summed E-state index contributed by atoms with van der Waals surface area (Å²) in [6.07, 6.45) is -5.59. The van der Waals surface area contributed by atoms with Gasteiger partial charge in [-0.3, -0.25) is 4.18 Å². The molecule has 0 saturated carbocycles. The predicted octanol–water partition coefficient (Wildman–Crippen LogP) is 0.601. The fourth-order valence-corrected chi connectivity index (χ4v) is 2.09. The van der Waals surface area contributed by atoms with Crippen LogP contribution in [-0.2, 0) is 15.4 Å². The van der Waals surface area contributed by atoms with Gasteiger partial charge in [-0.15, -0.1) is 0 Å². The van der Waals surface area contributed by atoms with Crippen molar-refractivity contribution in [3.63, 3.8) is 0 Å². The molecule has 1 aliphatic heterocycles. The summed E-state index contributed by atoms with van der Waals surface area (Å²) in [6, 6.07) is 0. The predicted molar refractivity (Wildman–Crippen MR) is 47.0 cm³/mol. The number of alkyl halides is 3. The molecule has 0 amide bonds. The van der Waals surface area contributed by atoms with Crippen LogP contribution in [0.5, 0.6) is 0 Å². The Kier molecular flexibility index (Phi) is 3.75. The molecule has 1 heterocycles. The first kappa shape index (κ1) is 12.9. The van der Waals surface area contributed by atoms with Crippen molar-refractivity contribution in [1.29, 1.82) is 0 Å². The molecule has 15 heavy (non-hydrogen) atoms. The molecule has 0 radical (unpaired) electrons. The molecule has 0 aliphatic carbocycles. The average Bonchev–Trinajstić information content (AvgIpc) is 2.16. The second-order valence-electron chi connectivity index (χ2n) is 3.34. The van der Waals surface area contributed by atoms with Crippen molar-refractivity contribution >= 4 is 11.3 Å². The Hall–Kier alpha value is -0.180. The third-order valence-corrected chi connectivity index (χ3v) is 3.50. The number of rotatable bonds is 2. The van der Waals surface area contributed by atoms with Crippen LogP contribution >= 0.6 is 0 Å². The Balaban J connectivity index is 2.59. The van der Waals surface area contributed by atoms with Crippen molar-refractivity contribution < 1.29 is 26.7 Å². The smallest absolute Gasteiger partial charge is 0.380 e. The van der Waals surface area contributed by atoms with Crippen LogP contribution in [0.15, 0.2) is 0 Å². The van der Waals surface area contributed by atoms with Gasteiger partial charge in [0.1, 0.15) is 0 Å². The monoisotopic (exact) mass is 247 g/mol. The van der Waals surface area contributed by atoms with E-state index in [9.17, 15) is 22.5 Å². The third-order valence-electron chi connectivity index (χ3n) is 2.43. The van der Waals surface area contributed by atoms with E-state index in [-0.39, 0.29) is 13.1 Å². The summed E-state index contributed by atoms with van der Waals surface area (Å²) in [5, 5.41) is 9.29. The van der Waals surface area contributed by atoms with Crippen molar-refractivity contribution in [3.8, 4) is 0 Å². The van der Waals surface area contributed by atoms with E-state index in [0.717, 1.165) is 0 Å². The van der Waals surface area contributed by atoms with Crippen molar-refractivity contribution in [3.05, 3.63) is 0 Å². The molecule has 1 unspecified atom stereocenters. The summed E-state index contributed by atoms with van der Waals surface area (Å²) >= 11 is -1.72. The van der Waals surface area contributed by atoms with Gasteiger partial charge in [0.15, 0.2) is 5.60 Å². The molecule has 1 fully saturated rings. The molecular formula is C7H12F3NO3S. The van der Waals surface area contributed by atoms with Gasteiger partial charge >= 0.3 is 6.18 Å². The van der Waals surface area contributed by atoms with E-state index >= 15 is 0 Å². The Morgan fingerprint density at radius 2 is 1.87 bits per heavy atom. The summed E-state index contributed by atoms with van der Waals surface area (Å²) in [5.74, 6) is 0. The molecule has 90 valence electrons. The van der Waals surface area contributed by atoms with E-state index in [2.05, 4.69) is 4.18 Å². The van der Waals surface area contributed by atoms with Gasteiger partial charge in [-0.05, 0) is 12.8 Å². The molecule has 0 aromatic heterocycles. The van der Waals surface area contributed by atoms with Gasteiger partial charge in [0.05, 0.1) is 7.11 Å². The lowest BCUT2D eigenvalue weighted by atomic mass is 9.92. The lowest BCUT2D eigenvalue weighted by Gasteiger charge is -2.37. The van der Waals surface area contributed by atoms with Crippen LogP contribution in [0.1, 0.15) is 12.8 Å². The molecule has 1 atom stereocenters. The minimum Gasteiger partial charge on any atom is -0.380 e. The van der Waals surface area contributed by atoms with Gasteiger partial charge in [0.2, 0.25) is 11.3 Å². The molecule has 0 bridgehead atoms. The normalized spacial score (nSPS) is 25.1. The van der Waals surface area contributed by atoms with Gasteiger partial charge in [-0.25, -0.2) is 8.51 Å². The fourth-order valence-electron chi connectivity index (χ4n) is 1.39. The summed E-state index contributed by atoms with van der Waals surface area (Å²) in [4.78, 5) is 0. The molecule has 1 rings (SSSR count). The molecule has 1 aliphatic rings. The third kappa shape index (κ3) is 2.68. The van der Waals surface area contributed by atoms with Crippen LogP contribution in [-0.4, -0.2) is 45.6 Å². The second-order valence-corrected chi connectivity index (χ2v) is 4.63. The van der Waals surface area contributed by atoms with Crippen molar-refractivity contribution in [2.45, 2.75) is 24.6 Å². The van der Waals surface area contributed by atoms with E-state index in [0.29, 0.717) is 0 Å². The standard InChI is InChI=1S/C7H12F3NO3S/c1-14-15(13)11-4-2-6(12,3-5-11)7(8,9)10/h12H,2-5H2,1H3. The van der Waals surface area contributed by atoms with Crippen molar-refractivity contribution in [1.82, 2.24) is 4.31 Å². The SMILES string of the molecule is COS(=O)N1CCC(O)(C(F)(F)F)CC1. The van der Waals surface area contributed by atoms with Gasteiger partial charge in [0, 0.05) is 13.1 Å². The highest BCUT2D eigenvalue weighted by Crippen LogP contribution is 2.38. The van der Waals surface area contributed by atoms with Crippen LogP contribution in [0.2, 0.25) is 0 Å². The van der Waals surface area contributed by atoms with E-state index in [1.54, 1.807) is 0 Å². The highest BCUT2D eigenvalue weighted by Gasteiger charge is 2.54. The molecule has 0 aromatic rings. The van der Waals surface area contributed by atoms with Crippen LogP contribution in [0.4, 0.5) is 13.2 Å². The largest absolute Gasteiger partial charge is 0.417 e. The molecule has 4 nitrogen and oxygen atoms in total. The van der Waals surface area contributed by atoms with E-state index in [1.807, 2.05) is 0 Å². The maximum absolute atomic E-state index is 12.4. The number of hydrogen-bond donors (Lipinski definition) is 1. The first-order valence-electron chi connectivity index (χ1n) is 4.30. The first-order valence-corrected chi connectivity index (χ1v) is 5.34. The van der Waals surface area contributed by atoms with E-state index in [4.69, 9.17) is 0 Å². The Labute approximate surface area is 87.8 Å². The molecule has 8 heteroatoms. The lowest BCUT2D eigenvalue weighted by molar-refractivity contribution is -0.270. The maximum atomic E-state index is 12.4. The summed E-state index contributed by atoms with van der Waals surface area (Å²) in [5.41, 5.74) is -2.65. The number of hydrogen-bond acceptors (Lipinski definition) is 3. The first-order chi connectivity index (χ1) is 6.80. The topological polar surface area (TPSA) is 49.8 Å². The maximum Gasteiger partial charge on any atom is 0.417 e. The summed E-state index contributed by atoms with van der Waals surface area (Å²) < 4.78 is 53.9. The minimum atomic E-state index is -4.63. The van der Waals surface area contributed by atoms with Gasteiger partial charge in [-0.2, -0.15) is 13.2 Å². The molecule has 1 N–H and O–H groups in total. The number of aliphatic hydroxyl groups is 1. The van der Waals surface area contributed by atoms with Gasteiger partial charge in [0.25, 0.3) is 0 Å². The van der Waals surface area contributed by atoms with E-state index < -0.39 is 35.9 Å². The lowest BCUT2D eigenvalue weighted by Crippen LogP contribution is -2.53. The Morgan fingerprint density at radius 3 is 2.20 bits per heavy atom. The highest BCUT2D eigenvalue weighted by molar-refractivity contribution is 7.77. The van der Waals surface area contributed by atoms with Crippen LogP contribution in [0, 0.1) is 0 Å². The minimum absolute atomic E-state index is 0.101. The van der Waals surface area contributed by atoms with Gasteiger partial charge in [-0.1, -0.05) is 0 Å². The zero-order valence-corrected chi connectivity index (χ0v) is 8.90. The highest BCUT2D eigenvalue weighted by atomic mass is 32.2. The Bertz CT molecular complexity index is 250. The summed E-state index contributed by atoms with van der Waals surface area (Å²) in [6.45, 7) is -0.201. The van der Waals surface area contributed by atoms with E-state index in [1.165, 1.54) is 11.4 Å². The van der Waals surface area contributed by atoms with Crippen molar-refractivity contribution in [2.75, 3.05) is 20.2 Å². The average molecular weight is 247 g/mol. The quantitative estimate of drug-likeness (QED) is 0.777. The molecule has 1 saturated heterocycles. The van der Waals surface area contributed by atoms with Gasteiger partial charge < -0.3 is 5.11 Å². The zero-order chi connectivity index (χ0) is 11.7.